The molecule has 2 rings (SSSR count). The summed E-state index contributed by atoms with van der Waals surface area (Å²) in [6.45, 7) is 3.74. The van der Waals surface area contributed by atoms with Gasteiger partial charge >= 0.3 is 0 Å². The second-order valence-corrected chi connectivity index (χ2v) is 7.30. The Bertz CT molecular complexity index is 855. The first-order chi connectivity index (χ1) is 13.6. The lowest BCUT2D eigenvalue weighted by Gasteiger charge is -2.37. The minimum Gasteiger partial charge on any atom is -0.493 e. The number of nitrogens with zero attached hydrogens (tertiary/aromatic N) is 2. The molecule has 29 heavy (non-hydrogen) atoms. The number of halogens is 1. The zero-order chi connectivity index (χ0) is 21.9. The Hall–Kier alpha value is -2.46. The van der Waals surface area contributed by atoms with Crippen LogP contribution < -0.4 is 9.47 Å². The largest absolute Gasteiger partial charge is 0.493 e. The van der Waals surface area contributed by atoms with Crippen LogP contribution in [-0.4, -0.2) is 67.0 Å². The van der Waals surface area contributed by atoms with Crippen LogP contribution in [0.5, 0.6) is 11.5 Å². The quantitative estimate of drug-likeness (QED) is 0.579. The number of carbonyl (C=O) groups excluding carboxylic acids is 4. The van der Waals surface area contributed by atoms with Gasteiger partial charge in [-0.3, -0.25) is 29.0 Å². The topological polar surface area (TPSA) is 102 Å². The maximum absolute atomic E-state index is 12.9. The molecule has 1 aliphatic rings. The molecule has 0 spiro atoms. The van der Waals surface area contributed by atoms with Crippen LogP contribution in [-0.2, 0) is 30.3 Å². The molecular weight excluding hydrogens is 448 g/mol. The Morgan fingerprint density at radius 2 is 1.86 bits per heavy atom. The summed E-state index contributed by atoms with van der Waals surface area (Å²) in [5.41, 5.74) is 1.32. The van der Waals surface area contributed by atoms with Crippen molar-refractivity contribution < 1.29 is 33.4 Å². The van der Waals surface area contributed by atoms with Crippen LogP contribution >= 0.6 is 15.9 Å². The van der Waals surface area contributed by atoms with Crippen LogP contribution in [0.1, 0.15) is 25.0 Å². The predicted molar refractivity (Wildman–Crippen MR) is 105 cm³/mol. The van der Waals surface area contributed by atoms with E-state index in [1.165, 1.54) is 28.1 Å². The molecule has 0 bridgehead atoms. The van der Waals surface area contributed by atoms with Crippen LogP contribution in [0.4, 0.5) is 0 Å². The molecule has 4 amide bonds. The Morgan fingerprint density at radius 3 is 2.38 bits per heavy atom. The van der Waals surface area contributed by atoms with Crippen molar-refractivity contribution in [3.63, 3.8) is 0 Å². The number of imide groups is 2. The van der Waals surface area contributed by atoms with Gasteiger partial charge in [0.1, 0.15) is 12.6 Å². The molecule has 1 atom stereocenters. The number of ether oxygens (including phenoxy) is 3. The summed E-state index contributed by atoms with van der Waals surface area (Å²) < 4.78 is 16.5. The van der Waals surface area contributed by atoms with E-state index in [1.54, 1.807) is 13.0 Å². The number of amides is 4. The number of piperazine rings is 1. The third kappa shape index (κ3) is 4.59. The summed E-state index contributed by atoms with van der Waals surface area (Å²) in [6.07, 6.45) is 0.00267. The van der Waals surface area contributed by atoms with Gasteiger partial charge in [-0.25, -0.2) is 0 Å². The fourth-order valence-corrected chi connectivity index (χ4v) is 3.70. The first-order valence-corrected chi connectivity index (χ1v) is 9.55. The van der Waals surface area contributed by atoms with E-state index in [0.29, 0.717) is 27.1 Å². The van der Waals surface area contributed by atoms with Crippen molar-refractivity contribution in [1.82, 2.24) is 9.80 Å². The second kappa shape index (κ2) is 9.36. The molecule has 10 heteroatoms. The molecule has 0 N–H and O–H groups in total. The standard InChI is InChI=1S/C19H23BrN2O7/c1-10-17(20)13(7-15(18(10)28-5)29-9-27-4)6-14-19(26)21(11(2)23)8-16(25)22(14)12(3)24/h7,14H,6,8-9H2,1-5H3. The molecule has 1 fully saturated rings. The molecule has 1 heterocycles. The van der Waals surface area contributed by atoms with Crippen LogP contribution in [0.25, 0.3) is 0 Å². The molecule has 1 aliphatic heterocycles. The van der Waals surface area contributed by atoms with Gasteiger partial charge in [-0.05, 0) is 18.6 Å². The summed E-state index contributed by atoms with van der Waals surface area (Å²) in [5, 5.41) is 0. The molecule has 0 saturated carbocycles. The molecule has 0 aliphatic carbocycles. The van der Waals surface area contributed by atoms with Crippen molar-refractivity contribution in [2.24, 2.45) is 0 Å². The van der Waals surface area contributed by atoms with E-state index < -0.39 is 36.2 Å². The van der Waals surface area contributed by atoms with E-state index in [1.807, 2.05) is 0 Å². The highest BCUT2D eigenvalue weighted by atomic mass is 79.9. The number of carbonyl (C=O) groups is 4. The fraction of sp³-hybridized carbons (Fsp3) is 0.474. The number of methoxy groups -OCH3 is 2. The summed E-state index contributed by atoms with van der Waals surface area (Å²) in [6, 6.07) is 0.509. The fourth-order valence-electron chi connectivity index (χ4n) is 3.25. The van der Waals surface area contributed by atoms with Crippen molar-refractivity contribution in [2.45, 2.75) is 33.2 Å². The van der Waals surface area contributed by atoms with Gasteiger partial charge in [0, 0.05) is 37.4 Å². The molecule has 1 aromatic carbocycles. The SMILES string of the molecule is COCOc1cc(CC2C(=O)N(C(C)=O)CC(=O)N2C(C)=O)c(Br)c(C)c1OC. The van der Waals surface area contributed by atoms with Gasteiger partial charge < -0.3 is 14.2 Å². The number of rotatable bonds is 6. The van der Waals surface area contributed by atoms with Crippen molar-refractivity contribution in [3.8, 4) is 11.5 Å². The molecule has 1 unspecified atom stereocenters. The van der Waals surface area contributed by atoms with E-state index in [0.717, 1.165) is 9.80 Å². The van der Waals surface area contributed by atoms with Gasteiger partial charge in [0.05, 0.1) is 7.11 Å². The number of hydrogen-bond donors (Lipinski definition) is 0. The van der Waals surface area contributed by atoms with Gasteiger partial charge in [-0.2, -0.15) is 0 Å². The molecular formula is C19H23BrN2O7. The minimum absolute atomic E-state index is 0.00267. The third-order valence-electron chi connectivity index (χ3n) is 4.57. The van der Waals surface area contributed by atoms with Gasteiger partial charge in [0.2, 0.25) is 17.7 Å². The van der Waals surface area contributed by atoms with Gasteiger partial charge in [-0.1, -0.05) is 15.9 Å². The average Bonchev–Trinajstić information content (AvgIpc) is 2.65. The van der Waals surface area contributed by atoms with Crippen molar-refractivity contribution in [1.29, 1.82) is 0 Å². The second-order valence-electron chi connectivity index (χ2n) is 6.50. The number of benzene rings is 1. The lowest BCUT2D eigenvalue weighted by atomic mass is 9.98. The molecule has 158 valence electrons. The molecule has 9 nitrogen and oxygen atoms in total. The van der Waals surface area contributed by atoms with Gasteiger partial charge in [0.25, 0.3) is 5.91 Å². The van der Waals surface area contributed by atoms with Gasteiger partial charge in [0.15, 0.2) is 18.3 Å². The van der Waals surface area contributed by atoms with Crippen LogP contribution in [0.2, 0.25) is 0 Å². The maximum Gasteiger partial charge on any atom is 0.253 e. The van der Waals surface area contributed by atoms with Crippen molar-refractivity contribution in [3.05, 3.63) is 21.7 Å². The van der Waals surface area contributed by atoms with E-state index >= 15 is 0 Å². The molecule has 0 aromatic heterocycles. The molecule has 0 radical (unpaired) electrons. The van der Waals surface area contributed by atoms with Gasteiger partial charge in [-0.15, -0.1) is 0 Å². The monoisotopic (exact) mass is 470 g/mol. The van der Waals surface area contributed by atoms with E-state index in [-0.39, 0.29) is 13.2 Å². The molecule has 1 saturated heterocycles. The van der Waals surface area contributed by atoms with Crippen molar-refractivity contribution in [2.75, 3.05) is 27.6 Å². The lowest BCUT2D eigenvalue weighted by Crippen LogP contribution is -2.62. The highest BCUT2D eigenvalue weighted by Gasteiger charge is 2.43. The Kier molecular flexibility index (Phi) is 7.37. The van der Waals surface area contributed by atoms with Crippen LogP contribution in [0, 0.1) is 6.92 Å². The Labute approximate surface area is 177 Å². The highest BCUT2D eigenvalue weighted by Crippen LogP contribution is 2.39. The van der Waals surface area contributed by atoms with E-state index in [9.17, 15) is 19.2 Å². The summed E-state index contributed by atoms with van der Waals surface area (Å²) in [7, 11) is 2.98. The van der Waals surface area contributed by atoms with E-state index in [2.05, 4.69) is 15.9 Å². The third-order valence-corrected chi connectivity index (χ3v) is 5.68. The minimum atomic E-state index is -1.14. The Balaban J connectivity index is 2.51. The average molecular weight is 471 g/mol. The zero-order valence-corrected chi connectivity index (χ0v) is 18.5. The summed E-state index contributed by atoms with van der Waals surface area (Å²) >= 11 is 3.49. The first kappa shape index (κ1) is 22.8. The van der Waals surface area contributed by atoms with Crippen LogP contribution in [0.15, 0.2) is 10.5 Å². The maximum atomic E-state index is 12.9. The number of hydrogen-bond acceptors (Lipinski definition) is 7. The lowest BCUT2D eigenvalue weighted by molar-refractivity contribution is -0.166. The molecule has 1 aromatic rings. The van der Waals surface area contributed by atoms with E-state index in [4.69, 9.17) is 14.2 Å². The highest BCUT2D eigenvalue weighted by molar-refractivity contribution is 9.10. The van der Waals surface area contributed by atoms with Crippen LogP contribution in [0.3, 0.4) is 0 Å². The predicted octanol–water partition coefficient (Wildman–Crippen LogP) is 1.42. The zero-order valence-electron chi connectivity index (χ0n) is 16.9. The Morgan fingerprint density at radius 1 is 1.21 bits per heavy atom. The smallest absolute Gasteiger partial charge is 0.253 e. The summed E-state index contributed by atoms with van der Waals surface area (Å²) in [4.78, 5) is 51.0. The first-order valence-electron chi connectivity index (χ1n) is 8.76. The normalized spacial score (nSPS) is 16.8. The summed E-state index contributed by atoms with van der Waals surface area (Å²) in [5.74, 6) is -1.45. The van der Waals surface area contributed by atoms with Crippen molar-refractivity contribution >= 4 is 39.6 Å².